The summed E-state index contributed by atoms with van der Waals surface area (Å²) in [6, 6.07) is 0.701. The van der Waals surface area contributed by atoms with Gasteiger partial charge in [-0.15, -0.1) is 0 Å². The molecule has 0 spiro atoms. The fraction of sp³-hybridized carbons (Fsp3) is 0.938. The maximum absolute atomic E-state index is 12.2. The molecule has 1 N–H and O–H groups in total. The zero-order chi connectivity index (χ0) is 14.7. The predicted octanol–water partition coefficient (Wildman–Crippen LogP) is 2.05. The van der Waals surface area contributed by atoms with Crippen LogP contribution in [0.25, 0.3) is 0 Å². The van der Waals surface area contributed by atoms with Crippen molar-refractivity contribution in [2.45, 2.75) is 71.6 Å². The third kappa shape index (κ3) is 3.53. The molecule has 2 heterocycles. The fourth-order valence-electron chi connectivity index (χ4n) is 3.54. The van der Waals surface area contributed by atoms with Gasteiger partial charge in [0.25, 0.3) is 0 Å². The van der Waals surface area contributed by atoms with Gasteiger partial charge in [0.05, 0.1) is 12.2 Å². The maximum atomic E-state index is 12.2. The van der Waals surface area contributed by atoms with Crippen molar-refractivity contribution in [1.82, 2.24) is 15.1 Å². The van der Waals surface area contributed by atoms with Crippen LogP contribution in [0.1, 0.15) is 53.4 Å². The van der Waals surface area contributed by atoms with Gasteiger partial charge in [-0.2, -0.15) is 0 Å². The minimum absolute atomic E-state index is 0.0173. The Morgan fingerprint density at radius 3 is 2.65 bits per heavy atom. The molecule has 2 rings (SSSR count). The average molecular weight is 281 g/mol. The molecule has 4 nitrogen and oxygen atoms in total. The lowest BCUT2D eigenvalue weighted by atomic mass is 10.0. The fourth-order valence-corrected chi connectivity index (χ4v) is 3.54. The maximum Gasteiger partial charge on any atom is 0.240 e. The van der Waals surface area contributed by atoms with E-state index in [4.69, 9.17) is 0 Å². The molecule has 2 aliphatic rings. The van der Waals surface area contributed by atoms with Crippen LogP contribution in [0.4, 0.5) is 0 Å². The molecule has 1 amide bonds. The molecule has 0 aromatic heterocycles. The van der Waals surface area contributed by atoms with E-state index in [1.807, 2.05) is 6.92 Å². The summed E-state index contributed by atoms with van der Waals surface area (Å²) < 4.78 is 0. The van der Waals surface area contributed by atoms with E-state index < -0.39 is 0 Å². The van der Waals surface area contributed by atoms with E-state index in [2.05, 4.69) is 35.9 Å². The van der Waals surface area contributed by atoms with Gasteiger partial charge in [-0.25, -0.2) is 0 Å². The normalized spacial score (nSPS) is 32.4. The van der Waals surface area contributed by atoms with E-state index >= 15 is 0 Å². The van der Waals surface area contributed by atoms with Gasteiger partial charge in [0.2, 0.25) is 5.91 Å². The van der Waals surface area contributed by atoms with Crippen LogP contribution >= 0.6 is 0 Å². The lowest BCUT2D eigenvalue weighted by molar-refractivity contribution is -0.130. The zero-order valence-corrected chi connectivity index (χ0v) is 13.6. The van der Waals surface area contributed by atoms with Crippen molar-refractivity contribution in [3.63, 3.8) is 0 Å². The molecule has 116 valence electrons. The Morgan fingerprint density at radius 1 is 1.25 bits per heavy atom. The number of likely N-dealkylation sites (tertiary alicyclic amines) is 1. The van der Waals surface area contributed by atoms with Gasteiger partial charge in [-0.05, 0) is 45.6 Å². The first-order chi connectivity index (χ1) is 9.50. The Morgan fingerprint density at radius 2 is 2.00 bits per heavy atom. The van der Waals surface area contributed by atoms with Crippen molar-refractivity contribution < 1.29 is 4.79 Å². The quantitative estimate of drug-likeness (QED) is 0.838. The molecule has 4 heteroatoms. The summed E-state index contributed by atoms with van der Waals surface area (Å²) in [5.74, 6) is 0.744. The first-order valence-corrected chi connectivity index (χ1v) is 8.31. The van der Waals surface area contributed by atoms with E-state index in [0.717, 1.165) is 25.6 Å². The third-order valence-corrected chi connectivity index (χ3v) is 4.83. The molecular weight excluding hydrogens is 250 g/mol. The summed E-state index contributed by atoms with van der Waals surface area (Å²) in [6.45, 7) is 11.9. The van der Waals surface area contributed by atoms with Crippen molar-refractivity contribution >= 4 is 5.91 Å². The number of nitrogens with one attached hydrogen (secondary N) is 1. The van der Waals surface area contributed by atoms with Crippen LogP contribution in [0.15, 0.2) is 0 Å². The van der Waals surface area contributed by atoms with Crippen LogP contribution in [0.5, 0.6) is 0 Å². The number of carbonyl (C=O) groups excluding carboxylic acids is 1. The number of nitrogens with zero attached hydrogens (tertiary/aromatic N) is 2. The summed E-state index contributed by atoms with van der Waals surface area (Å²) >= 11 is 0. The van der Waals surface area contributed by atoms with Crippen LogP contribution in [-0.4, -0.2) is 53.6 Å². The van der Waals surface area contributed by atoms with Gasteiger partial charge < -0.3 is 9.80 Å². The lowest BCUT2D eigenvalue weighted by Crippen LogP contribution is -2.43. The number of piperidine rings is 1. The number of hydrogen-bond donors (Lipinski definition) is 1. The van der Waals surface area contributed by atoms with E-state index in [9.17, 15) is 4.79 Å². The first kappa shape index (κ1) is 15.8. The van der Waals surface area contributed by atoms with Crippen LogP contribution in [0.2, 0.25) is 0 Å². The van der Waals surface area contributed by atoms with Crippen LogP contribution in [0.3, 0.4) is 0 Å². The second kappa shape index (κ2) is 6.90. The van der Waals surface area contributed by atoms with E-state index in [1.165, 1.54) is 25.8 Å². The Labute approximate surface area is 123 Å². The number of carbonyl (C=O) groups is 1. The van der Waals surface area contributed by atoms with Crippen LogP contribution < -0.4 is 5.32 Å². The van der Waals surface area contributed by atoms with Crippen molar-refractivity contribution in [2.24, 2.45) is 5.92 Å². The molecule has 0 radical (unpaired) electrons. The smallest absolute Gasteiger partial charge is 0.240 e. The summed E-state index contributed by atoms with van der Waals surface area (Å²) in [7, 11) is 0. The molecule has 0 aromatic carbocycles. The molecule has 2 aliphatic heterocycles. The number of rotatable bonds is 5. The molecule has 20 heavy (non-hydrogen) atoms. The minimum Gasteiger partial charge on any atom is -0.325 e. The molecule has 0 saturated carbocycles. The highest BCUT2D eigenvalue weighted by molar-refractivity contribution is 5.83. The summed E-state index contributed by atoms with van der Waals surface area (Å²) in [4.78, 5) is 16.9. The number of hydrogen-bond acceptors (Lipinski definition) is 3. The summed E-state index contributed by atoms with van der Waals surface area (Å²) in [5.41, 5.74) is 0. The molecule has 2 fully saturated rings. The lowest BCUT2D eigenvalue weighted by Gasteiger charge is -2.34. The van der Waals surface area contributed by atoms with Crippen molar-refractivity contribution in [3.05, 3.63) is 0 Å². The SMILES string of the molecule is CC1NC(C(C)C)N(CCCN2CCCCC2C)C1=O. The highest BCUT2D eigenvalue weighted by Crippen LogP contribution is 2.19. The summed E-state index contributed by atoms with van der Waals surface area (Å²) in [5, 5.41) is 3.41. The Kier molecular flexibility index (Phi) is 5.44. The average Bonchev–Trinajstić information content (AvgIpc) is 2.69. The van der Waals surface area contributed by atoms with E-state index in [1.54, 1.807) is 0 Å². The van der Waals surface area contributed by atoms with Gasteiger partial charge >= 0.3 is 0 Å². The molecule has 2 saturated heterocycles. The molecule has 3 atom stereocenters. The standard InChI is InChI=1S/C16H31N3O/c1-12(2)15-17-14(4)16(20)19(15)11-7-10-18-9-6-5-8-13(18)3/h12-15,17H,5-11H2,1-4H3. The van der Waals surface area contributed by atoms with Crippen LogP contribution in [-0.2, 0) is 4.79 Å². The predicted molar refractivity (Wildman–Crippen MR) is 82.4 cm³/mol. The van der Waals surface area contributed by atoms with Gasteiger partial charge in [0, 0.05) is 19.1 Å². The van der Waals surface area contributed by atoms with Crippen molar-refractivity contribution in [1.29, 1.82) is 0 Å². The van der Waals surface area contributed by atoms with Gasteiger partial charge in [-0.1, -0.05) is 20.3 Å². The number of amides is 1. The van der Waals surface area contributed by atoms with Crippen LogP contribution in [0, 0.1) is 5.92 Å². The van der Waals surface area contributed by atoms with Crippen molar-refractivity contribution in [2.75, 3.05) is 19.6 Å². The molecule has 0 aliphatic carbocycles. The Hall–Kier alpha value is -0.610. The second-order valence-corrected chi connectivity index (χ2v) is 6.84. The highest BCUT2D eigenvalue weighted by atomic mass is 16.2. The largest absolute Gasteiger partial charge is 0.325 e. The van der Waals surface area contributed by atoms with Gasteiger partial charge in [0.1, 0.15) is 0 Å². The third-order valence-electron chi connectivity index (χ3n) is 4.83. The van der Waals surface area contributed by atoms with E-state index in [-0.39, 0.29) is 18.1 Å². The monoisotopic (exact) mass is 281 g/mol. The molecule has 0 aromatic rings. The topological polar surface area (TPSA) is 35.6 Å². The Bertz CT molecular complexity index is 332. The van der Waals surface area contributed by atoms with Crippen molar-refractivity contribution in [3.8, 4) is 0 Å². The summed E-state index contributed by atoms with van der Waals surface area (Å²) in [6.07, 6.45) is 5.35. The Balaban J connectivity index is 1.81. The zero-order valence-electron chi connectivity index (χ0n) is 13.6. The highest BCUT2D eigenvalue weighted by Gasteiger charge is 2.37. The first-order valence-electron chi connectivity index (χ1n) is 8.31. The minimum atomic E-state index is -0.0173. The second-order valence-electron chi connectivity index (χ2n) is 6.84. The molecule has 0 bridgehead atoms. The molecule has 3 unspecified atom stereocenters. The molecular formula is C16H31N3O. The van der Waals surface area contributed by atoms with Gasteiger partial charge in [0.15, 0.2) is 0 Å². The van der Waals surface area contributed by atoms with E-state index in [0.29, 0.717) is 5.92 Å². The van der Waals surface area contributed by atoms with Gasteiger partial charge in [-0.3, -0.25) is 10.1 Å².